The first-order valence-electron chi connectivity index (χ1n) is 7.99. The molecule has 3 aromatic rings. The lowest BCUT2D eigenvalue weighted by Crippen LogP contribution is -2.27. The Hall–Kier alpha value is -3.15. The SMILES string of the molecule is Cc1ccc(-c2noc([C@H](C)NC(=O)OCc3ccccc3)n2)cc1. The van der Waals surface area contributed by atoms with Crippen LogP contribution in [0.4, 0.5) is 4.79 Å². The third kappa shape index (κ3) is 4.44. The molecule has 0 unspecified atom stereocenters. The molecule has 1 N–H and O–H groups in total. The number of hydrogen-bond donors (Lipinski definition) is 1. The van der Waals surface area contributed by atoms with Crippen molar-refractivity contribution in [3.05, 3.63) is 71.6 Å². The lowest BCUT2D eigenvalue weighted by atomic mass is 10.1. The fourth-order valence-corrected chi connectivity index (χ4v) is 2.23. The zero-order chi connectivity index (χ0) is 17.6. The summed E-state index contributed by atoms with van der Waals surface area (Å²) in [5, 5.41) is 6.64. The van der Waals surface area contributed by atoms with Gasteiger partial charge in [-0.25, -0.2) is 4.79 Å². The van der Waals surface area contributed by atoms with Crippen LogP contribution in [0, 0.1) is 6.92 Å². The normalized spacial score (nSPS) is 11.8. The Balaban J connectivity index is 1.57. The molecule has 6 nitrogen and oxygen atoms in total. The van der Waals surface area contributed by atoms with Gasteiger partial charge in [-0.2, -0.15) is 4.98 Å². The molecule has 3 rings (SSSR count). The Labute approximate surface area is 145 Å². The van der Waals surface area contributed by atoms with Crippen LogP contribution in [0.3, 0.4) is 0 Å². The molecule has 2 aromatic carbocycles. The van der Waals surface area contributed by atoms with Crippen molar-refractivity contribution < 1.29 is 14.1 Å². The minimum absolute atomic E-state index is 0.206. The largest absolute Gasteiger partial charge is 0.445 e. The minimum Gasteiger partial charge on any atom is -0.445 e. The predicted molar refractivity (Wildman–Crippen MR) is 92.6 cm³/mol. The quantitative estimate of drug-likeness (QED) is 0.760. The maximum atomic E-state index is 11.9. The standard InChI is InChI=1S/C19H19N3O3/c1-13-8-10-16(11-9-13)17-21-18(25-22-17)14(2)20-19(23)24-12-15-6-4-3-5-7-15/h3-11,14H,12H2,1-2H3,(H,20,23)/t14-/m0/s1. The fraction of sp³-hybridized carbons (Fsp3) is 0.211. The number of rotatable bonds is 5. The maximum absolute atomic E-state index is 11.9. The van der Waals surface area contributed by atoms with E-state index in [2.05, 4.69) is 15.5 Å². The van der Waals surface area contributed by atoms with Gasteiger partial charge < -0.3 is 14.6 Å². The van der Waals surface area contributed by atoms with Crippen molar-refractivity contribution in [1.29, 1.82) is 0 Å². The van der Waals surface area contributed by atoms with Gasteiger partial charge in [-0.1, -0.05) is 65.3 Å². The van der Waals surface area contributed by atoms with E-state index in [1.54, 1.807) is 6.92 Å². The monoisotopic (exact) mass is 337 g/mol. The summed E-state index contributed by atoms with van der Waals surface area (Å²) in [7, 11) is 0. The second-order valence-electron chi connectivity index (χ2n) is 5.75. The van der Waals surface area contributed by atoms with E-state index in [1.807, 2.05) is 61.5 Å². The Morgan fingerprint density at radius 2 is 1.88 bits per heavy atom. The number of amides is 1. The number of hydrogen-bond acceptors (Lipinski definition) is 5. The number of benzene rings is 2. The number of carbonyl (C=O) groups is 1. The van der Waals surface area contributed by atoms with E-state index in [0.29, 0.717) is 11.7 Å². The number of nitrogens with one attached hydrogen (secondary N) is 1. The van der Waals surface area contributed by atoms with Gasteiger partial charge in [0.1, 0.15) is 12.6 Å². The number of ether oxygens (including phenoxy) is 1. The molecule has 0 saturated heterocycles. The van der Waals surface area contributed by atoms with Crippen molar-refractivity contribution >= 4 is 6.09 Å². The fourth-order valence-electron chi connectivity index (χ4n) is 2.23. The summed E-state index contributed by atoms with van der Waals surface area (Å²) in [6.45, 7) is 3.98. The van der Waals surface area contributed by atoms with E-state index in [-0.39, 0.29) is 6.61 Å². The van der Waals surface area contributed by atoms with Crippen molar-refractivity contribution in [3.8, 4) is 11.4 Å². The lowest BCUT2D eigenvalue weighted by molar-refractivity contribution is 0.134. The number of aryl methyl sites for hydroxylation is 1. The first-order chi connectivity index (χ1) is 12.1. The van der Waals surface area contributed by atoms with E-state index in [0.717, 1.165) is 16.7 Å². The van der Waals surface area contributed by atoms with Crippen LogP contribution < -0.4 is 5.32 Å². The molecule has 1 amide bonds. The van der Waals surface area contributed by atoms with Crippen LogP contribution >= 0.6 is 0 Å². The van der Waals surface area contributed by atoms with Gasteiger partial charge in [0, 0.05) is 5.56 Å². The van der Waals surface area contributed by atoms with Crippen LogP contribution in [0.5, 0.6) is 0 Å². The molecule has 0 saturated carbocycles. The van der Waals surface area contributed by atoms with Crippen LogP contribution in [-0.2, 0) is 11.3 Å². The molecule has 0 spiro atoms. The highest BCUT2D eigenvalue weighted by Gasteiger charge is 2.18. The number of nitrogens with zero attached hydrogens (tertiary/aromatic N) is 2. The predicted octanol–water partition coefficient (Wildman–Crippen LogP) is 4.03. The zero-order valence-corrected chi connectivity index (χ0v) is 14.1. The molecule has 0 radical (unpaired) electrons. The van der Waals surface area contributed by atoms with Crippen molar-refractivity contribution in [2.75, 3.05) is 0 Å². The average molecular weight is 337 g/mol. The van der Waals surface area contributed by atoms with Gasteiger partial charge in [0.2, 0.25) is 11.7 Å². The Kier molecular flexibility index (Phi) is 5.09. The van der Waals surface area contributed by atoms with Gasteiger partial charge in [-0.15, -0.1) is 0 Å². The number of aromatic nitrogens is 2. The van der Waals surface area contributed by atoms with Crippen LogP contribution in [0.15, 0.2) is 59.1 Å². The van der Waals surface area contributed by atoms with Crippen LogP contribution in [-0.4, -0.2) is 16.2 Å². The minimum atomic E-state index is -0.536. The molecule has 0 aliphatic heterocycles. The van der Waals surface area contributed by atoms with Crippen molar-refractivity contribution in [3.63, 3.8) is 0 Å². The summed E-state index contributed by atoms with van der Waals surface area (Å²) in [4.78, 5) is 16.2. The second-order valence-corrected chi connectivity index (χ2v) is 5.75. The van der Waals surface area contributed by atoms with Gasteiger partial charge >= 0.3 is 6.09 Å². The van der Waals surface area contributed by atoms with Gasteiger partial charge in [0.15, 0.2) is 0 Å². The van der Waals surface area contributed by atoms with Crippen molar-refractivity contribution in [2.45, 2.75) is 26.5 Å². The summed E-state index contributed by atoms with van der Waals surface area (Å²) in [6.07, 6.45) is -0.536. The molecule has 0 bridgehead atoms. The zero-order valence-electron chi connectivity index (χ0n) is 14.1. The molecular formula is C19H19N3O3. The maximum Gasteiger partial charge on any atom is 0.408 e. The lowest BCUT2D eigenvalue weighted by Gasteiger charge is -2.10. The van der Waals surface area contributed by atoms with Crippen molar-refractivity contribution in [1.82, 2.24) is 15.5 Å². The van der Waals surface area contributed by atoms with Gasteiger partial charge in [0.25, 0.3) is 0 Å². The Morgan fingerprint density at radius 3 is 2.60 bits per heavy atom. The van der Waals surface area contributed by atoms with Crippen molar-refractivity contribution in [2.24, 2.45) is 0 Å². The van der Waals surface area contributed by atoms with Crippen LogP contribution in [0.2, 0.25) is 0 Å². The van der Waals surface area contributed by atoms with Crippen LogP contribution in [0.1, 0.15) is 30.0 Å². The van der Waals surface area contributed by atoms with E-state index in [4.69, 9.17) is 9.26 Å². The summed E-state index contributed by atoms with van der Waals surface area (Å²) < 4.78 is 10.4. The first-order valence-corrected chi connectivity index (χ1v) is 7.99. The van der Waals surface area contributed by atoms with E-state index in [9.17, 15) is 4.79 Å². The van der Waals surface area contributed by atoms with Crippen LogP contribution in [0.25, 0.3) is 11.4 Å². The summed E-state index contributed by atoms with van der Waals surface area (Å²) in [5.74, 6) is 0.813. The van der Waals surface area contributed by atoms with Gasteiger partial charge in [0.05, 0.1) is 0 Å². The first kappa shape index (κ1) is 16.7. The Morgan fingerprint density at radius 1 is 1.16 bits per heavy atom. The molecule has 128 valence electrons. The molecule has 1 aromatic heterocycles. The van der Waals surface area contributed by atoms with Gasteiger partial charge in [-0.3, -0.25) is 0 Å². The van der Waals surface area contributed by atoms with Gasteiger partial charge in [-0.05, 0) is 19.4 Å². The highest BCUT2D eigenvalue weighted by molar-refractivity contribution is 5.67. The van der Waals surface area contributed by atoms with E-state index >= 15 is 0 Å². The highest BCUT2D eigenvalue weighted by atomic mass is 16.5. The average Bonchev–Trinajstić information content (AvgIpc) is 3.12. The van der Waals surface area contributed by atoms with E-state index < -0.39 is 12.1 Å². The second kappa shape index (κ2) is 7.61. The molecule has 0 aliphatic carbocycles. The molecule has 0 aliphatic rings. The summed E-state index contributed by atoms with van der Waals surface area (Å²) in [6, 6.07) is 16.8. The number of alkyl carbamates (subject to hydrolysis) is 1. The third-order valence-electron chi connectivity index (χ3n) is 3.67. The van der Waals surface area contributed by atoms with E-state index in [1.165, 1.54) is 0 Å². The smallest absolute Gasteiger partial charge is 0.408 e. The molecule has 25 heavy (non-hydrogen) atoms. The third-order valence-corrected chi connectivity index (χ3v) is 3.67. The number of carbonyl (C=O) groups excluding carboxylic acids is 1. The highest BCUT2D eigenvalue weighted by Crippen LogP contribution is 2.19. The molecular weight excluding hydrogens is 318 g/mol. The topological polar surface area (TPSA) is 77.2 Å². The molecule has 0 fully saturated rings. The summed E-state index contributed by atoms with van der Waals surface area (Å²) in [5.41, 5.74) is 2.94. The molecule has 1 heterocycles. The molecule has 1 atom stereocenters. The Bertz CT molecular complexity index is 829. The summed E-state index contributed by atoms with van der Waals surface area (Å²) >= 11 is 0. The molecule has 6 heteroatoms.